The summed E-state index contributed by atoms with van der Waals surface area (Å²) in [6.45, 7) is 0.881. The van der Waals surface area contributed by atoms with Crippen molar-refractivity contribution in [3.05, 3.63) is 33.0 Å². The van der Waals surface area contributed by atoms with Gasteiger partial charge in [-0.2, -0.15) is 5.10 Å². The largest absolute Gasteiger partial charge is 0.476 e. The van der Waals surface area contributed by atoms with Crippen LogP contribution in [-0.2, 0) is 25.8 Å². The van der Waals surface area contributed by atoms with Crippen molar-refractivity contribution in [3.63, 3.8) is 0 Å². The van der Waals surface area contributed by atoms with E-state index >= 15 is 0 Å². The maximum absolute atomic E-state index is 12.2. The number of nitrogens with one attached hydrogen (secondary N) is 2. The van der Waals surface area contributed by atoms with Gasteiger partial charge in [0.05, 0.1) is 17.2 Å². The van der Waals surface area contributed by atoms with Gasteiger partial charge in [-0.15, -0.1) is 11.3 Å². The smallest absolute Gasteiger partial charge is 0.355 e. The average Bonchev–Trinajstić information content (AvgIpc) is 3.22. The van der Waals surface area contributed by atoms with Crippen LogP contribution >= 0.6 is 11.3 Å². The number of aromatic nitrogens is 3. The fourth-order valence-electron chi connectivity index (χ4n) is 2.91. The highest BCUT2D eigenvalue weighted by molar-refractivity contribution is 7.09. The van der Waals surface area contributed by atoms with Crippen LogP contribution in [0, 0.1) is 0 Å². The van der Waals surface area contributed by atoms with Gasteiger partial charge in [-0.3, -0.25) is 5.10 Å². The van der Waals surface area contributed by atoms with Crippen LogP contribution in [-0.4, -0.2) is 50.8 Å². The Bertz CT molecular complexity index is 770. The predicted molar refractivity (Wildman–Crippen MR) is 92.9 cm³/mol. The third-order valence-electron chi connectivity index (χ3n) is 4.26. The molecule has 0 radical (unpaired) electrons. The van der Waals surface area contributed by atoms with Crippen molar-refractivity contribution in [1.82, 2.24) is 25.4 Å². The molecule has 2 amide bonds. The quantitative estimate of drug-likeness (QED) is 0.725. The Labute approximate surface area is 149 Å². The Morgan fingerprint density at radius 1 is 1.40 bits per heavy atom. The van der Waals surface area contributed by atoms with E-state index < -0.39 is 5.97 Å². The second-order valence-corrected chi connectivity index (χ2v) is 7.05. The molecule has 3 N–H and O–H groups in total. The minimum Gasteiger partial charge on any atom is -0.476 e. The number of carboxylic acid groups (broad SMARTS) is 1. The molecule has 25 heavy (non-hydrogen) atoms. The van der Waals surface area contributed by atoms with Crippen LogP contribution in [0.1, 0.15) is 45.3 Å². The Balaban J connectivity index is 1.47. The number of urea groups is 1. The van der Waals surface area contributed by atoms with Crippen LogP contribution in [0.25, 0.3) is 0 Å². The zero-order valence-corrected chi connectivity index (χ0v) is 14.9. The van der Waals surface area contributed by atoms with Crippen molar-refractivity contribution >= 4 is 23.3 Å². The van der Waals surface area contributed by atoms with E-state index in [0.29, 0.717) is 24.5 Å². The topological polar surface area (TPSA) is 111 Å². The standard InChI is InChI=1S/C16H21N5O3S/c1-21(8-12-10-4-2-3-5-11(10)19-20-12)16(24)17-7-6-14-18-13(9-25-14)15(22)23/h9H,2-8H2,1H3,(H,17,24)(H,19,20)(H,22,23). The molecule has 2 aromatic rings. The number of amides is 2. The SMILES string of the molecule is CN(Cc1n[nH]c2c1CCCC2)C(=O)NCCc1nc(C(=O)O)cs1. The lowest BCUT2D eigenvalue weighted by atomic mass is 9.96. The molecule has 3 rings (SSSR count). The van der Waals surface area contributed by atoms with Gasteiger partial charge >= 0.3 is 12.0 Å². The summed E-state index contributed by atoms with van der Waals surface area (Å²) in [5.74, 6) is -1.03. The van der Waals surface area contributed by atoms with Gasteiger partial charge in [0.1, 0.15) is 0 Å². The summed E-state index contributed by atoms with van der Waals surface area (Å²) in [5.41, 5.74) is 3.45. The number of carbonyl (C=O) groups excluding carboxylic acids is 1. The molecule has 0 unspecified atom stereocenters. The summed E-state index contributed by atoms with van der Waals surface area (Å²) in [5, 5.41) is 21.3. The van der Waals surface area contributed by atoms with Gasteiger partial charge < -0.3 is 15.3 Å². The summed E-state index contributed by atoms with van der Waals surface area (Å²) in [6.07, 6.45) is 4.92. The Kier molecular flexibility index (Phi) is 5.32. The molecule has 0 saturated carbocycles. The summed E-state index contributed by atoms with van der Waals surface area (Å²) >= 11 is 1.29. The lowest BCUT2D eigenvalue weighted by Crippen LogP contribution is -2.38. The van der Waals surface area contributed by atoms with Crippen molar-refractivity contribution in [2.45, 2.75) is 38.6 Å². The number of hydrogen-bond acceptors (Lipinski definition) is 5. The van der Waals surface area contributed by atoms with Crippen LogP contribution in [0.4, 0.5) is 4.79 Å². The van der Waals surface area contributed by atoms with Crippen LogP contribution in [0.3, 0.4) is 0 Å². The molecule has 0 fully saturated rings. The number of H-pyrrole nitrogens is 1. The lowest BCUT2D eigenvalue weighted by molar-refractivity contribution is 0.0691. The van der Waals surface area contributed by atoms with E-state index in [1.807, 2.05) is 0 Å². The number of thiazole rings is 1. The van der Waals surface area contributed by atoms with Gasteiger partial charge in [-0.25, -0.2) is 14.6 Å². The van der Waals surface area contributed by atoms with E-state index in [0.717, 1.165) is 18.5 Å². The van der Waals surface area contributed by atoms with E-state index in [4.69, 9.17) is 5.11 Å². The first-order valence-electron chi connectivity index (χ1n) is 8.26. The van der Waals surface area contributed by atoms with Crippen molar-refractivity contribution in [3.8, 4) is 0 Å². The number of nitrogens with zero attached hydrogens (tertiary/aromatic N) is 3. The Morgan fingerprint density at radius 2 is 2.20 bits per heavy atom. The fraction of sp³-hybridized carbons (Fsp3) is 0.500. The minimum atomic E-state index is -1.03. The maximum atomic E-state index is 12.2. The first-order chi connectivity index (χ1) is 12.0. The minimum absolute atomic E-state index is 0.0479. The van der Waals surface area contributed by atoms with Crippen molar-refractivity contribution in [2.24, 2.45) is 0 Å². The molecule has 2 aromatic heterocycles. The van der Waals surface area contributed by atoms with E-state index in [2.05, 4.69) is 20.5 Å². The number of aromatic carboxylic acids is 1. The fourth-order valence-corrected chi connectivity index (χ4v) is 3.68. The first kappa shape index (κ1) is 17.4. The molecule has 0 saturated heterocycles. The molecular formula is C16H21N5O3S. The van der Waals surface area contributed by atoms with Gasteiger partial charge in [-0.05, 0) is 31.2 Å². The number of rotatable bonds is 6. The van der Waals surface area contributed by atoms with Crippen molar-refractivity contribution < 1.29 is 14.7 Å². The third kappa shape index (κ3) is 4.16. The number of aryl methyl sites for hydroxylation is 1. The lowest BCUT2D eigenvalue weighted by Gasteiger charge is -2.18. The van der Waals surface area contributed by atoms with Gasteiger partial charge in [0, 0.05) is 31.1 Å². The molecule has 8 nitrogen and oxygen atoms in total. The monoisotopic (exact) mass is 363 g/mol. The highest BCUT2D eigenvalue weighted by Crippen LogP contribution is 2.22. The van der Waals surface area contributed by atoms with Gasteiger partial charge in [-0.1, -0.05) is 0 Å². The molecule has 0 bridgehead atoms. The third-order valence-corrected chi connectivity index (χ3v) is 5.17. The predicted octanol–water partition coefficient (Wildman–Crippen LogP) is 1.83. The molecule has 0 aliphatic heterocycles. The van der Waals surface area contributed by atoms with Gasteiger partial charge in [0.15, 0.2) is 5.69 Å². The van der Waals surface area contributed by atoms with E-state index in [9.17, 15) is 9.59 Å². The second kappa shape index (κ2) is 7.64. The number of aromatic amines is 1. The second-order valence-electron chi connectivity index (χ2n) is 6.10. The average molecular weight is 363 g/mol. The normalized spacial score (nSPS) is 13.3. The zero-order chi connectivity index (χ0) is 17.8. The number of carboxylic acids is 1. The highest BCUT2D eigenvalue weighted by Gasteiger charge is 2.19. The van der Waals surface area contributed by atoms with E-state index in [1.165, 1.54) is 40.8 Å². The van der Waals surface area contributed by atoms with Crippen LogP contribution in [0.5, 0.6) is 0 Å². The number of carbonyl (C=O) groups is 2. The maximum Gasteiger partial charge on any atom is 0.355 e. The molecule has 1 aliphatic rings. The van der Waals surface area contributed by atoms with E-state index in [1.54, 1.807) is 11.9 Å². The molecule has 9 heteroatoms. The molecule has 0 aromatic carbocycles. The summed E-state index contributed by atoms with van der Waals surface area (Å²) in [7, 11) is 1.74. The Hall–Kier alpha value is -2.42. The molecular weight excluding hydrogens is 342 g/mol. The van der Waals surface area contributed by atoms with Gasteiger partial charge in [0.2, 0.25) is 0 Å². The summed E-state index contributed by atoms with van der Waals surface area (Å²) in [4.78, 5) is 28.6. The van der Waals surface area contributed by atoms with Gasteiger partial charge in [0.25, 0.3) is 0 Å². The van der Waals surface area contributed by atoms with Crippen molar-refractivity contribution in [1.29, 1.82) is 0 Å². The molecule has 2 heterocycles. The number of fused-ring (bicyclic) bond motifs is 1. The van der Waals surface area contributed by atoms with Crippen molar-refractivity contribution in [2.75, 3.05) is 13.6 Å². The van der Waals surface area contributed by atoms with Crippen LogP contribution in [0.15, 0.2) is 5.38 Å². The first-order valence-corrected chi connectivity index (χ1v) is 9.14. The molecule has 0 spiro atoms. The van der Waals surface area contributed by atoms with Crippen LogP contribution < -0.4 is 5.32 Å². The molecule has 0 atom stereocenters. The number of hydrogen-bond donors (Lipinski definition) is 3. The van der Waals surface area contributed by atoms with E-state index in [-0.39, 0.29) is 11.7 Å². The zero-order valence-electron chi connectivity index (χ0n) is 14.0. The Morgan fingerprint density at radius 3 is 2.96 bits per heavy atom. The summed E-state index contributed by atoms with van der Waals surface area (Å²) < 4.78 is 0. The highest BCUT2D eigenvalue weighted by atomic mass is 32.1. The summed E-state index contributed by atoms with van der Waals surface area (Å²) in [6, 6.07) is -0.178. The molecule has 1 aliphatic carbocycles. The molecule has 134 valence electrons. The van der Waals surface area contributed by atoms with Crippen LogP contribution in [0.2, 0.25) is 0 Å².